The van der Waals surface area contributed by atoms with Crippen LogP contribution in [0, 0.1) is 0 Å². The highest BCUT2D eigenvalue weighted by Crippen LogP contribution is 2.29. The third kappa shape index (κ3) is 7.12. The maximum Gasteiger partial charge on any atom is 0.410 e. The van der Waals surface area contributed by atoms with Crippen molar-refractivity contribution in [1.29, 1.82) is 0 Å². The highest BCUT2D eigenvalue weighted by molar-refractivity contribution is 6.15. The standard InChI is InChI=1S/C37H44N4O4/c1-6-23-40(28-15-9-7-10-16-28)35(43)33-30-19-13-14-20-31(30)34(42)41(29-17-11-8-12-18-29)32(33)26-39-24-21-27(22-25-39)38(5)36(44)45-37(2,3)4/h7-20,27H,6,21-26H2,1-5H3. The number of likely N-dealkylation sites (tertiary alicyclic amines) is 1. The lowest BCUT2D eigenvalue weighted by molar-refractivity contribution is 0.0147. The Morgan fingerprint density at radius 1 is 0.867 bits per heavy atom. The maximum absolute atomic E-state index is 14.8. The average Bonchev–Trinajstić information content (AvgIpc) is 3.04. The van der Waals surface area contributed by atoms with Crippen LogP contribution in [0.1, 0.15) is 63.0 Å². The van der Waals surface area contributed by atoms with Crippen LogP contribution in [0.5, 0.6) is 0 Å². The molecule has 0 saturated carbocycles. The van der Waals surface area contributed by atoms with E-state index < -0.39 is 5.60 Å². The second-order valence-electron chi connectivity index (χ2n) is 12.7. The molecule has 0 N–H and O–H groups in total. The summed E-state index contributed by atoms with van der Waals surface area (Å²) < 4.78 is 7.33. The first kappa shape index (κ1) is 32.0. The van der Waals surface area contributed by atoms with Crippen LogP contribution in [0.3, 0.4) is 0 Å². The first-order chi connectivity index (χ1) is 21.6. The van der Waals surface area contributed by atoms with Crippen molar-refractivity contribution in [3.8, 4) is 5.69 Å². The lowest BCUT2D eigenvalue weighted by Crippen LogP contribution is -2.47. The molecular formula is C37H44N4O4. The summed E-state index contributed by atoms with van der Waals surface area (Å²) >= 11 is 0. The molecule has 1 aliphatic heterocycles. The van der Waals surface area contributed by atoms with Gasteiger partial charge in [0.05, 0.1) is 11.3 Å². The highest BCUT2D eigenvalue weighted by atomic mass is 16.6. The maximum atomic E-state index is 14.8. The number of nitrogens with zero attached hydrogens (tertiary/aromatic N) is 4. The van der Waals surface area contributed by atoms with E-state index in [1.54, 1.807) is 16.5 Å². The van der Waals surface area contributed by atoms with Gasteiger partial charge in [-0.1, -0.05) is 61.5 Å². The molecular weight excluding hydrogens is 564 g/mol. The second-order valence-corrected chi connectivity index (χ2v) is 12.7. The summed E-state index contributed by atoms with van der Waals surface area (Å²) in [5.74, 6) is -0.126. The Bertz CT molecular complexity index is 1690. The summed E-state index contributed by atoms with van der Waals surface area (Å²) in [6, 6.07) is 26.8. The van der Waals surface area contributed by atoms with Gasteiger partial charge in [0.15, 0.2) is 0 Å². The zero-order valence-electron chi connectivity index (χ0n) is 27.0. The first-order valence-corrected chi connectivity index (χ1v) is 15.9. The molecule has 0 radical (unpaired) electrons. The predicted octanol–water partition coefficient (Wildman–Crippen LogP) is 6.88. The fraction of sp³-hybridized carbons (Fsp3) is 0.378. The summed E-state index contributed by atoms with van der Waals surface area (Å²) in [7, 11) is 1.80. The van der Waals surface area contributed by atoms with Gasteiger partial charge in [-0.3, -0.25) is 19.1 Å². The first-order valence-electron chi connectivity index (χ1n) is 15.9. The van der Waals surface area contributed by atoms with Crippen LogP contribution in [-0.4, -0.2) is 64.7 Å². The molecule has 45 heavy (non-hydrogen) atoms. The average molecular weight is 609 g/mol. The van der Waals surface area contributed by atoms with Crippen LogP contribution in [0.2, 0.25) is 0 Å². The van der Waals surface area contributed by atoms with Crippen LogP contribution in [-0.2, 0) is 11.3 Å². The van der Waals surface area contributed by atoms with E-state index in [1.807, 2.05) is 111 Å². The molecule has 2 heterocycles. The number of carbonyl (C=O) groups is 2. The lowest BCUT2D eigenvalue weighted by Gasteiger charge is -2.37. The number of benzene rings is 3. The number of hydrogen-bond acceptors (Lipinski definition) is 5. The van der Waals surface area contributed by atoms with E-state index in [4.69, 9.17) is 4.74 Å². The van der Waals surface area contributed by atoms with Crippen molar-refractivity contribution in [3.05, 3.63) is 107 Å². The van der Waals surface area contributed by atoms with E-state index in [-0.39, 0.29) is 23.6 Å². The molecule has 1 fully saturated rings. The number of rotatable bonds is 8. The van der Waals surface area contributed by atoms with Crippen LogP contribution in [0.25, 0.3) is 16.5 Å². The van der Waals surface area contributed by atoms with E-state index in [2.05, 4.69) is 11.8 Å². The van der Waals surface area contributed by atoms with Gasteiger partial charge in [-0.05, 0) is 70.4 Å². The molecule has 236 valence electrons. The van der Waals surface area contributed by atoms with Crippen molar-refractivity contribution in [2.45, 2.75) is 65.1 Å². The minimum atomic E-state index is -0.558. The van der Waals surface area contributed by atoms with Crippen LogP contribution >= 0.6 is 0 Å². The fourth-order valence-electron chi connectivity index (χ4n) is 6.11. The smallest absolute Gasteiger partial charge is 0.410 e. The largest absolute Gasteiger partial charge is 0.444 e. The fourth-order valence-corrected chi connectivity index (χ4v) is 6.11. The molecule has 1 aromatic heterocycles. The quantitative estimate of drug-likeness (QED) is 0.218. The molecule has 1 aliphatic rings. The van der Waals surface area contributed by atoms with Gasteiger partial charge in [-0.15, -0.1) is 0 Å². The van der Waals surface area contributed by atoms with E-state index in [1.165, 1.54) is 0 Å². The van der Waals surface area contributed by atoms with Crippen molar-refractivity contribution >= 4 is 28.5 Å². The molecule has 0 spiro atoms. The van der Waals surface area contributed by atoms with Gasteiger partial charge in [0.25, 0.3) is 11.5 Å². The molecule has 3 aromatic carbocycles. The molecule has 5 rings (SSSR count). The number of anilines is 1. The number of amides is 2. The van der Waals surface area contributed by atoms with E-state index in [0.29, 0.717) is 48.2 Å². The van der Waals surface area contributed by atoms with Crippen molar-refractivity contribution in [2.24, 2.45) is 0 Å². The number of pyridine rings is 1. The Balaban J connectivity index is 1.58. The number of ether oxygens (including phenoxy) is 1. The van der Waals surface area contributed by atoms with Crippen LogP contribution in [0.15, 0.2) is 89.7 Å². The highest BCUT2D eigenvalue weighted by Gasteiger charge is 2.31. The topological polar surface area (TPSA) is 75.1 Å². The zero-order chi connectivity index (χ0) is 32.1. The van der Waals surface area contributed by atoms with Gasteiger partial charge in [0.1, 0.15) is 5.60 Å². The molecule has 0 bridgehead atoms. The van der Waals surface area contributed by atoms with Gasteiger partial charge in [-0.25, -0.2) is 4.79 Å². The van der Waals surface area contributed by atoms with Crippen LogP contribution < -0.4 is 10.5 Å². The molecule has 8 heteroatoms. The zero-order valence-corrected chi connectivity index (χ0v) is 27.0. The minimum absolute atomic E-state index is 0.0447. The number of carbonyl (C=O) groups excluding carboxylic acids is 2. The normalized spacial score (nSPS) is 14.3. The third-order valence-electron chi connectivity index (χ3n) is 8.34. The third-order valence-corrected chi connectivity index (χ3v) is 8.34. The van der Waals surface area contributed by atoms with Gasteiger partial charge in [0.2, 0.25) is 0 Å². The molecule has 4 aromatic rings. The Kier molecular flexibility index (Phi) is 9.73. The van der Waals surface area contributed by atoms with E-state index in [0.717, 1.165) is 30.6 Å². The van der Waals surface area contributed by atoms with Gasteiger partial charge >= 0.3 is 6.09 Å². The SMILES string of the molecule is CCCN(C(=O)c1c(CN2CCC(N(C)C(=O)OC(C)(C)C)CC2)n(-c2ccccc2)c(=O)c2ccccc12)c1ccccc1. The van der Waals surface area contributed by atoms with E-state index in [9.17, 15) is 14.4 Å². The summed E-state index contributed by atoms with van der Waals surface area (Å²) in [5.41, 5.74) is 2.05. The Labute approximate surface area is 265 Å². The summed E-state index contributed by atoms with van der Waals surface area (Å²) in [5, 5.41) is 1.17. The van der Waals surface area contributed by atoms with Gasteiger partial charge in [0, 0.05) is 61.4 Å². The monoisotopic (exact) mass is 608 g/mol. The second kappa shape index (κ2) is 13.7. The number of fused-ring (bicyclic) bond motifs is 1. The summed E-state index contributed by atoms with van der Waals surface area (Å²) in [4.78, 5) is 47.6. The number of hydrogen-bond donors (Lipinski definition) is 0. The molecule has 0 unspecified atom stereocenters. The molecule has 8 nitrogen and oxygen atoms in total. The van der Waals surface area contributed by atoms with Crippen molar-refractivity contribution < 1.29 is 14.3 Å². The molecule has 0 atom stereocenters. The van der Waals surface area contributed by atoms with Crippen molar-refractivity contribution in [1.82, 2.24) is 14.4 Å². The van der Waals surface area contributed by atoms with Gasteiger partial charge < -0.3 is 14.5 Å². The number of aromatic nitrogens is 1. The minimum Gasteiger partial charge on any atom is -0.444 e. The summed E-state index contributed by atoms with van der Waals surface area (Å²) in [6.45, 7) is 10.0. The van der Waals surface area contributed by atoms with Crippen molar-refractivity contribution in [2.75, 3.05) is 31.6 Å². The predicted molar refractivity (Wildman–Crippen MR) is 180 cm³/mol. The van der Waals surface area contributed by atoms with Gasteiger partial charge in [-0.2, -0.15) is 0 Å². The summed E-state index contributed by atoms with van der Waals surface area (Å²) in [6.07, 6.45) is 1.98. The Morgan fingerprint density at radius 3 is 2.04 bits per heavy atom. The van der Waals surface area contributed by atoms with E-state index >= 15 is 0 Å². The molecule has 0 aliphatic carbocycles. The lowest BCUT2D eigenvalue weighted by atomic mass is 9.99. The molecule has 2 amide bonds. The molecule has 1 saturated heterocycles. The Hall–Kier alpha value is -4.43. The van der Waals surface area contributed by atoms with Crippen molar-refractivity contribution in [3.63, 3.8) is 0 Å². The number of para-hydroxylation sites is 2. The number of piperidine rings is 1. The van der Waals surface area contributed by atoms with Crippen LogP contribution in [0.4, 0.5) is 10.5 Å². The Morgan fingerprint density at radius 2 is 1.44 bits per heavy atom.